The average molecular weight is 335 g/mol. The Morgan fingerprint density at radius 2 is 1.84 bits per heavy atom. The number of pyridine rings is 1. The molecule has 0 saturated carbocycles. The van der Waals surface area contributed by atoms with Gasteiger partial charge in [0.2, 0.25) is 0 Å². The monoisotopic (exact) mass is 333 g/mol. The summed E-state index contributed by atoms with van der Waals surface area (Å²) in [4.78, 5) is 4.28. The lowest BCUT2D eigenvalue weighted by molar-refractivity contribution is 0.842. The number of halogens is 2. The standard InChI is InChI=1S/C14H9BrClN3/c15-13-6-12(16)8-17-14(13)19-9-11(7-18-19)10-4-2-1-3-5-10/h1-9H. The maximum absolute atomic E-state index is 5.88. The minimum absolute atomic E-state index is 0.589. The predicted molar refractivity (Wildman–Crippen MR) is 79.5 cm³/mol. The van der Waals surface area contributed by atoms with E-state index in [1.807, 2.05) is 42.7 Å². The van der Waals surface area contributed by atoms with Gasteiger partial charge in [0.15, 0.2) is 5.82 Å². The fraction of sp³-hybridized carbons (Fsp3) is 0. The lowest BCUT2D eigenvalue weighted by atomic mass is 10.1. The van der Waals surface area contributed by atoms with Gasteiger partial charge in [-0.1, -0.05) is 41.9 Å². The zero-order valence-electron chi connectivity index (χ0n) is 9.79. The molecular formula is C14H9BrClN3. The minimum Gasteiger partial charge on any atom is -0.235 e. The van der Waals surface area contributed by atoms with Crippen molar-refractivity contribution in [3.63, 3.8) is 0 Å². The smallest absolute Gasteiger partial charge is 0.167 e. The van der Waals surface area contributed by atoms with Crippen molar-refractivity contribution >= 4 is 27.5 Å². The first-order chi connectivity index (χ1) is 9.24. The second-order valence-electron chi connectivity index (χ2n) is 4.00. The second-order valence-corrected chi connectivity index (χ2v) is 5.29. The Morgan fingerprint density at radius 1 is 1.05 bits per heavy atom. The molecule has 0 saturated heterocycles. The third kappa shape index (κ3) is 2.55. The minimum atomic E-state index is 0.589. The van der Waals surface area contributed by atoms with Crippen molar-refractivity contribution in [2.24, 2.45) is 0 Å². The van der Waals surface area contributed by atoms with Crippen molar-refractivity contribution in [2.45, 2.75) is 0 Å². The molecule has 5 heteroatoms. The number of benzene rings is 1. The SMILES string of the molecule is Clc1cnc(-n2cc(-c3ccccc3)cn2)c(Br)c1. The molecule has 0 aliphatic carbocycles. The first-order valence-corrected chi connectivity index (χ1v) is 6.82. The van der Waals surface area contributed by atoms with E-state index in [1.165, 1.54) is 0 Å². The zero-order chi connectivity index (χ0) is 13.2. The molecule has 0 fully saturated rings. The maximum atomic E-state index is 5.88. The molecule has 2 aromatic heterocycles. The van der Waals surface area contributed by atoms with Gasteiger partial charge in [-0.2, -0.15) is 5.10 Å². The summed E-state index contributed by atoms with van der Waals surface area (Å²) in [6.07, 6.45) is 5.36. The van der Waals surface area contributed by atoms with Crippen LogP contribution in [0.25, 0.3) is 16.9 Å². The summed E-state index contributed by atoms with van der Waals surface area (Å²) < 4.78 is 2.53. The highest BCUT2D eigenvalue weighted by atomic mass is 79.9. The maximum Gasteiger partial charge on any atom is 0.167 e. The van der Waals surface area contributed by atoms with Crippen LogP contribution in [0.4, 0.5) is 0 Å². The molecule has 0 bridgehead atoms. The molecule has 0 aliphatic heterocycles. The molecule has 94 valence electrons. The molecule has 0 spiro atoms. The van der Waals surface area contributed by atoms with Crippen molar-refractivity contribution in [3.05, 3.63) is 64.5 Å². The van der Waals surface area contributed by atoms with Crippen molar-refractivity contribution in [2.75, 3.05) is 0 Å². The molecule has 2 heterocycles. The molecule has 1 aromatic carbocycles. The quantitative estimate of drug-likeness (QED) is 0.697. The molecule has 3 rings (SSSR count). The van der Waals surface area contributed by atoms with E-state index in [1.54, 1.807) is 16.9 Å². The summed E-state index contributed by atoms with van der Waals surface area (Å²) in [6, 6.07) is 11.9. The molecule has 19 heavy (non-hydrogen) atoms. The van der Waals surface area contributed by atoms with E-state index < -0.39 is 0 Å². The van der Waals surface area contributed by atoms with Crippen molar-refractivity contribution < 1.29 is 0 Å². The van der Waals surface area contributed by atoms with Crippen molar-refractivity contribution in [3.8, 4) is 16.9 Å². The van der Waals surface area contributed by atoms with Gasteiger partial charge in [0.05, 0.1) is 15.7 Å². The van der Waals surface area contributed by atoms with Gasteiger partial charge in [0.25, 0.3) is 0 Å². The Balaban J connectivity index is 2.02. The van der Waals surface area contributed by atoms with Crippen LogP contribution in [0.1, 0.15) is 0 Å². The summed E-state index contributed by atoms with van der Waals surface area (Å²) in [5, 5.41) is 4.92. The predicted octanol–water partition coefficient (Wildman–Crippen LogP) is 4.35. The molecule has 0 amide bonds. The normalized spacial score (nSPS) is 10.6. The molecular weight excluding hydrogens is 326 g/mol. The second kappa shape index (κ2) is 5.15. The Kier molecular flexibility index (Phi) is 3.36. The van der Waals surface area contributed by atoms with Crippen LogP contribution in [0, 0.1) is 0 Å². The van der Waals surface area contributed by atoms with Crippen molar-refractivity contribution in [1.82, 2.24) is 14.8 Å². The van der Waals surface area contributed by atoms with Crippen LogP contribution in [0.2, 0.25) is 5.02 Å². The highest BCUT2D eigenvalue weighted by molar-refractivity contribution is 9.10. The van der Waals surface area contributed by atoms with Crippen LogP contribution in [0.3, 0.4) is 0 Å². The Hall–Kier alpha value is -1.65. The lowest BCUT2D eigenvalue weighted by Gasteiger charge is -2.03. The fourth-order valence-corrected chi connectivity index (χ4v) is 2.61. The van der Waals surface area contributed by atoms with Gasteiger partial charge in [0.1, 0.15) is 0 Å². The summed E-state index contributed by atoms with van der Waals surface area (Å²) in [7, 11) is 0. The van der Waals surface area contributed by atoms with E-state index in [9.17, 15) is 0 Å². The number of hydrogen-bond acceptors (Lipinski definition) is 2. The molecule has 3 nitrogen and oxygen atoms in total. The Labute approximate surface area is 124 Å². The van der Waals surface area contributed by atoms with Gasteiger partial charge in [0, 0.05) is 18.0 Å². The fourth-order valence-electron chi connectivity index (χ4n) is 1.79. The molecule has 0 atom stereocenters. The molecule has 0 aliphatic rings. The zero-order valence-corrected chi connectivity index (χ0v) is 12.1. The van der Waals surface area contributed by atoms with Crippen LogP contribution in [0.5, 0.6) is 0 Å². The average Bonchev–Trinajstić information content (AvgIpc) is 2.89. The molecule has 3 aromatic rings. The highest BCUT2D eigenvalue weighted by Crippen LogP contribution is 2.24. The van der Waals surface area contributed by atoms with E-state index in [4.69, 9.17) is 11.6 Å². The van der Waals surface area contributed by atoms with Crippen LogP contribution in [0.15, 0.2) is 59.5 Å². The van der Waals surface area contributed by atoms with Gasteiger partial charge in [-0.05, 0) is 27.6 Å². The summed E-state index contributed by atoms with van der Waals surface area (Å²) in [5.41, 5.74) is 2.17. The first kappa shape index (κ1) is 12.4. The first-order valence-electron chi connectivity index (χ1n) is 5.65. The van der Waals surface area contributed by atoms with Crippen LogP contribution in [-0.2, 0) is 0 Å². The number of aromatic nitrogens is 3. The van der Waals surface area contributed by atoms with E-state index >= 15 is 0 Å². The number of nitrogens with zero attached hydrogens (tertiary/aromatic N) is 3. The number of rotatable bonds is 2. The van der Waals surface area contributed by atoms with E-state index in [2.05, 4.69) is 26.0 Å². The number of hydrogen-bond donors (Lipinski definition) is 0. The van der Waals surface area contributed by atoms with E-state index in [0.29, 0.717) is 10.8 Å². The van der Waals surface area contributed by atoms with Gasteiger partial charge in [-0.25, -0.2) is 9.67 Å². The van der Waals surface area contributed by atoms with Crippen molar-refractivity contribution in [1.29, 1.82) is 0 Å². The van der Waals surface area contributed by atoms with E-state index in [-0.39, 0.29) is 0 Å². The van der Waals surface area contributed by atoms with Gasteiger partial charge >= 0.3 is 0 Å². The van der Waals surface area contributed by atoms with E-state index in [0.717, 1.165) is 15.6 Å². The van der Waals surface area contributed by atoms with Crippen LogP contribution in [-0.4, -0.2) is 14.8 Å². The van der Waals surface area contributed by atoms with Crippen LogP contribution >= 0.6 is 27.5 Å². The molecule has 0 N–H and O–H groups in total. The van der Waals surface area contributed by atoms with Crippen LogP contribution < -0.4 is 0 Å². The third-order valence-corrected chi connectivity index (χ3v) is 3.49. The summed E-state index contributed by atoms with van der Waals surface area (Å²) in [6.45, 7) is 0. The largest absolute Gasteiger partial charge is 0.235 e. The van der Waals surface area contributed by atoms with Gasteiger partial charge < -0.3 is 0 Å². The van der Waals surface area contributed by atoms with Gasteiger partial charge in [-0.15, -0.1) is 0 Å². The molecule has 0 unspecified atom stereocenters. The molecule has 0 radical (unpaired) electrons. The lowest BCUT2D eigenvalue weighted by Crippen LogP contribution is -1.98. The van der Waals surface area contributed by atoms with Gasteiger partial charge in [-0.3, -0.25) is 0 Å². The Bertz CT molecular complexity index is 710. The third-order valence-electron chi connectivity index (χ3n) is 2.70. The summed E-state index contributed by atoms with van der Waals surface area (Å²) >= 11 is 9.32. The topological polar surface area (TPSA) is 30.7 Å². The summed E-state index contributed by atoms with van der Waals surface area (Å²) in [5.74, 6) is 0.714. The Morgan fingerprint density at radius 3 is 2.58 bits per heavy atom. The highest BCUT2D eigenvalue weighted by Gasteiger charge is 2.08.